The fourth-order valence-electron chi connectivity index (χ4n) is 0.767. The average Bonchev–Trinajstić information content (AvgIpc) is 2.49. The van der Waals surface area contributed by atoms with Crippen LogP contribution < -0.4 is 11.3 Å². The highest BCUT2D eigenvalue weighted by Crippen LogP contribution is 2.10. The van der Waals surface area contributed by atoms with Crippen LogP contribution in [0.15, 0.2) is 16.9 Å². The standard InChI is InChI=1S/C6H9BrN4O/c1-4(6(12)10-8)11-3-5(7)2-9-11/h2-4H,8H2,1H3,(H,10,12)/t4-/m0/s1. The highest BCUT2D eigenvalue weighted by atomic mass is 79.9. The Kier molecular flexibility index (Phi) is 2.83. The van der Waals surface area contributed by atoms with Crippen LogP contribution >= 0.6 is 15.9 Å². The van der Waals surface area contributed by atoms with E-state index < -0.39 is 0 Å². The molecule has 1 aromatic heterocycles. The molecule has 0 fully saturated rings. The molecule has 0 aliphatic rings. The van der Waals surface area contributed by atoms with E-state index in [0.29, 0.717) is 0 Å². The summed E-state index contributed by atoms with van der Waals surface area (Å²) in [4.78, 5) is 11.0. The maximum Gasteiger partial charge on any atom is 0.258 e. The summed E-state index contributed by atoms with van der Waals surface area (Å²) >= 11 is 3.23. The molecule has 1 amide bonds. The molecule has 1 atom stereocenters. The molecule has 1 rings (SSSR count). The number of carbonyl (C=O) groups is 1. The predicted octanol–water partition coefficient (Wildman–Crippen LogP) is 0.197. The van der Waals surface area contributed by atoms with Gasteiger partial charge in [0.1, 0.15) is 6.04 Å². The lowest BCUT2D eigenvalue weighted by Crippen LogP contribution is -2.36. The zero-order valence-corrected chi connectivity index (χ0v) is 8.08. The molecule has 12 heavy (non-hydrogen) atoms. The van der Waals surface area contributed by atoms with Gasteiger partial charge in [-0.2, -0.15) is 5.10 Å². The molecule has 5 nitrogen and oxygen atoms in total. The normalized spacial score (nSPS) is 12.6. The fourth-order valence-corrected chi connectivity index (χ4v) is 1.07. The quantitative estimate of drug-likeness (QED) is 0.435. The molecule has 0 radical (unpaired) electrons. The zero-order chi connectivity index (χ0) is 9.14. The van der Waals surface area contributed by atoms with Crippen LogP contribution in [0.3, 0.4) is 0 Å². The Bertz CT molecular complexity index is 285. The summed E-state index contributed by atoms with van der Waals surface area (Å²) in [6.07, 6.45) is 3.32. The SMILES string of the molecule is C[C@@H](C(=O)NN)n1cc(Br)cn1. The van der Waals surface area contributed by atoms with Crippen LogP contribution in [0, 0.1) is 0 Å². The lowest BCUT2D eigenvalue weighted by Gasteiger charge is -2.08. The maximum atomic E-state index is 11.0. The Balaban J connectivity index is 2.77. The van der Waals surface area contributed by atoms with Crippen molar-refractivity contribution in [2.75, 3.05) is 0 Å². The Labute approximate surface area is 78.0 Å². The van der Waals surface area contributed by atoms with Gasteiger partial charge >= 0.3 is 0 Å². The van der Waals surface area contributed by atoms with Crippen LogP contribution in [0.25, 0.3) is 0 Å². The van der Waals surface area contributed by atoms with Gasteiger partial charge in [-0.15, -0.1) is 0 Å². The first kappa shape index (κ1) is 9.21. The van der Waals surface area contributed by atoms with Gasteiger partial charge in [0.05, 0.1) is 10.7 Å². The van der Waals surface area contributed by atoms with Crippen molar-refractivity contribution >= 4 is 21.8 Å². The van der Waals surface area contributed by atoms with E-state index in [0.717, 1.165) is 4.47 Å². The van der Waals surface area contributed by atoms with E-state index >= 15 is 0 Å². The molecule has 1 aromatic rings. The van der Waals surface area contributed by atoms with Crippen LogP contribution in [-0.4, -0.2) is 15.7 Å². The van der Waals surface area contributed by atoms with Gasteiger partial charge in [-0.05, 0) is 22.9 Å². The second-order valence-corrected chi connectivity index (χ2v) is 3.24. The van der Waals surface area contributed by atoms with Crippen molar-refractivity contribution in [2.24, 2.45) is 5.84 Å². The molecule has 0 saturated carbocycles. The first-order valence-electron chi connectivity index (χ1n) is 3.35. The third-order valence-electron chi connectivity index (χ3n) is 1.49. The van der Waals surface area contributed by atoms with Gasteiger partial charge in [0, 0.05) is 6.20 Å². The maximum absolute atomic E-state index is 11.0. The number of hydrogen-bond donors (Lipinski definition) is 2. The largest absolute Gasteiger partial charge is 0.292 e. The third-order valence-corrected chi connectivity index (χ3v) is 1.90. The van der Waals surface area contributed by atoms with Crippen molar-refractivity contribution in [3.63, 3.8) is 0 Å². The van der Waals surface area contributed by atoms with Gasteiger partial charge < -0.3 is 0 Å². The van der Waals surface area contributed by atoms with Crippen molar-refractivity contribution < 1.29 is 4.79 Å². The van der Waals surface area contributed by atoms with Crippen molar-refractivity contribution in [1.82, 2.24) is 15.2 Å². The van der Waals surface area contributed by atoms with Crippen molar-refractivity contribution in [3.8, 4) is 0 Å². The zero-order valence-electron chi connectivity index (χ0n) is 6.49. The first-order chi connectivity index (χ1) is 5.65. The minimum Gasteiger partial charge on any atom is -0.292 e. The van der Waals surface area contributed by atoms with Gasteiger partial charge in [0.15, 0.2) is 0 Å². The Morgan fingerprint density at radius 1 is 1.92 bits per heavy atom. The Morgan fingerprint density at radius 3 is 3.00 bits per heavy atom. The number of nitrogens with one attached hydrogen (secondary N) is 1. The summed E-state index contributed by atoms with van der Waals surface area (Å²) in [5.74, 6) is 4.69. The molecule has 3 N–H and O–H groups in total. The highest BCUT2D eigenvalue weighted by Gasteiger charge is 2.13. The van der Waals surface area contributed by atoms with Gasteiger partial charge in [-0.1, -0.05) is 0 Å². The van der Waals surface area contributed by atoms with Crippen LogP contribution in [0.4, 0.5) is 0 Å². The number of hydrazine groups is 1. The molecule has 0 aromatic carbocycles. The van der Waals surface area contributed by atoms with E-state index in [1.54, 1.807) is 19.3 Å². The molecule has 6 heteroatoms. The second kappa shape index (κ2) is 3.68. The van der Waals surface area contributed by atoms with Gasteiger partial charge in [-0.3, -0.25) is 14.9 Å². The van der Waals surface area contributed by atoms with E-state index in [-0.39, 0.29) is 11.9 Å². The third kappa shape index (κ3) is 1.83. The molecule has 0 saturated heterocycles. The van der Waals surface area contributed by atoms with E-state index in [2.05, 4.69) is 26.5 Å². The van der Waals surface area contributed by atoms with E-state index in [4.69, 9.17) is 5.84 Å². The number of halogens is 1. The molecule has 0 aliphatic carbocycles. The molecule has 66 valence electrons. The summed E-state index contributed by atoms with van der Waals surface area (Å²) in [6, 6.07) is -0.388. The minimum atomic E-state index is -0.388. The van der Waals surface area contributed by atoms with Gasteiger partial charge in [0.25, 0.3) is 5.91 Å². The molecule has 0 spiro atoms. The smallest absolute Gasteiger partial charge is 0.258 e. The summed E-state index contributed by atoms with van der Waals surface area (Å²) in [6.45, 7) is 1.71. The van der Waals surface area contributed by atoms with E-state index in [9.17, 15) is 4.79 Å². The lowest BCUT2D eigenvalue weighted by molar-refractivity contribution is -0.124. The number of hydrogen-bond acceptors (Lipinski definition) is 3. The van der Waals surface area contributed by atoms with E-state index in [1.807, 2.05) is 0 Å². The minimum absolute atomic E-state index is 0.273. The van der Waals surface area contributed by atoms with Gasteiger partial charge in [-0.25, -0.2) is 5.84 Å². The Morgan fingerprint density at radius 2 is 2.58 bits per heavy atom. The van der Waals surface area contributed by atoms with Crippen LogP contribution in [0.2, 0.25) is 0 Å². The van der Waals surface area contributed by atoms with Crippen molar-refractivity contribution in [1.29, 1.82) is 0 Å². The second-order valence-electron chi connectivity index (χ2n) is 2.32. The number of nitrogens with zero attached hydrogens (tertiary/aromatic N) is 2. The van der Waals surface area contributed by atoms with Gasteiger partial charge in [0.2, 0.25) is 0 Å². The highest BCUT2D eigenvalue weighted by molar-refractivity contribution is 9.10. The fraction of sp³-hybridized carbons (Fsp3) is 0.333. The Hall–Kier alpha value is -0.880. The lowest BCUT2D eigenvalue weighted by atomic mass is 10.3. The summed E-state index contributed by atoms with van der Waals surface area (Å²) in [7, 11) is 0. The summed E-state index contributed by atoms with van der Waals surface area (Å²) in [5, 5.41) is 3.94. The van der Waals surface area contributed by atoms with Crippen molar-refractivity contribution in [3.05, 3.63) is 16.9 Å². The number of nitrogens with two attached hydrogens (primary N) is 1. The number of rotatable bonds is 2. The molecule has 0 aliphatic heterocycles. The molecule has 0 unspecified atom stereocenters. The molecule has 1 heterocycles. The number of amides is 1. The predicted molar refractivity (Wildman–Crippen MR) is 47.0 cm³/mol. The summed E-state index contributed by atoms with van der Waals surface area (Å²) in [5.41, 5.74) is 2.06. The molecular formula is C6H9BrN4O. The first-order valence-corrected chi connectivity index (χ1v) is 4.14. The molecular weight excluding hydrogens is 224 g/mol. The van der Waals surface area contributed by atoms with Crippen molar-refractivity contribution in [2.45, 2.75) is 13.0 Å². The monoisotopic (exact) mass is 232 g/mol. The van der Waals surface area contributed by atoms with Crippen LogP contribution in [-0.2, 0) is 4.79 Å². The average molecular weight is 233 g/mol. The topological polar surface area (TPSA) is 72.9 Å². The van der Waals surface area contributed by atoms with E-state index in [1.165, 1.54) is 4.68 Å². The number of carbonyl (C=O) groups excluding carboxylic acids is 1. The molecule has 0 bridgehead atoms. The summed E-state index contributed by atoms with van der Waals surface area (Å²) < 4.78 is 2.35. The number of aromatic nitrogens is 2. The van der Waals surface area contributed by atoms with Crippen LogP contribution in [0.1, 0.15) is 13.0 Å². The van der Waals surface area contributed by atoms with Crippen LogP contribution in [0.5, 0.6) is 0 Å².